The van der Waals surface area contributed by atoms with E-state index >= 15 is 0 Å². The van der Waals surface area contributed by atoms with E-state index in [1.54, 1.807) is 6.92 Å². The zero-order chi connectivity index (χ0) is 20.9. The molecule has 8 heteroatoms. The Morgan fingerprint density at radius 3 is 2.83 bits per heavy atom. The van der Waals surface area contributed by atoms with Crippen molar-refractivity contribution in [1.82, 2.24) is 15.0 Å². The summed E-state index contributed by atoms with van der Waals surface area (Å²) in [4.78, 5) is 15.2. The monoisotopic (exact) mass is 426 g/mol. The van der Waals surface area contributed by atoms with Crippen molar-refractivity contribution < 1.29 is 13.2 Å². The zero-order valence-corrected chi connectivity index (χ0v) is 18.1. The Hall–Kier alpha value is -2.45. The average molecular weight is 427 g/mol. The number of ether oxygens (including phenoxy) is 1. The number of nitrogens with zero attached hydrogens (tertiary/aromatic N) is 3. The smallest absolute Gasteiger partial charge is 0.162 e. The van der Waals surface area contributed by atoms with Crippen LogP contribution in [-0.2, 0) is 19.3 Å². The van der Waals surface area contributed by atoms with E-state index < -0.39 is 14.6 Å². The first-order valence-corrected chi connectivity index (χ1v) is 12.1. The molecule has 3 heterocycles. The molecule has 1 saturated heterocycles. The molecule has 0 spiro atoms. The maximum Gasteiger partial charge on any atom is 0.162 e. The number of H-pyrrole nitrogens is 1. The number of morpholine rings is 1. The maximum absolute atomic E-state index is 13.0. The lowest BCUT2D eigenvalue weighted by Crippen LogP contribution is -2.44. The van der Waals surface area contributed by atoms with Gasteiger partial charge < -0.3 is 14.6 Å². The van der Waals surface area contributed by atoms with Gasteiger partial charge in [-0.05, 0) is 31.9 Å². The number of hydrogen-bond acceptors (Lipinski definition) is 6. The molecule has 0 radical (unpaired) electrons. The fraction of sp³-hybridized carbons (Fsp3) is 0.455. The summed E-state index contributed by atoms with van der Waals surface area (Å²) in [6.45, 7) is 5.79. The maximum atomic E-state index is 13.0. The number of hydrogen-bond donors (Lipinski definition) is 1. The molecule has 0 unspecified atom stereocenters. The topological polar surface area (TPSA) is 88.2 Å². The first-order chi connectivity index (χ1) is 14.4. The van der Waals surface area contributed by atoms with E-state index in [0.29, 0.717) is 37.6 Å². The van der Waals surface area contributed by atoms with Gasteiger partial charge in [-0.1, -0.05) is 19.1 Å². The molecule has 1 atom stereocenters. The van der Waals surface area contributed by atoms with E-state index in [9.17, 15) is 8.42 Å². The number of aromatic amines is 1. The molecule has 3 aromatic rings. The second-order valence-corrected chi connectivity index (χ2v) is 10.8. The second-order valence-electron chi connectivity index (χ2n) is 8.19. The molecule has 7 nitrogen and oxygen atoms in total. The molecule has 5 rings (SSSR count). The summed E-state index contributed by atoms with van der Waals surface area (Å²) < 4.78 is 30.6. The third-order valence-electron chi connectivity index (χ3n) is 6.36. The summed E-state index contributed by atoms with van der Waals surface area (Å²) in [5.41, 5.74) is 2.53. The van der Waals surface area contributed by atoms with Crippen LogP contribution in [0.4, 0.5) is 5.82 Å². The molecule has 1 N–H and O–H groups in total. The summed E-state index contributed by atoms with van der Waals surface area (Å²) in [7, 11) is -3.27. The zero-order valence-electron chi connectivity index (χ0n) is 17.3. The van der Waals surface area contributed by atoms with Crippen LogP contribution >= 0.6 is 0 Å². The minimum atomic E-state index is -3.27. The van der Waals surface area contributed by atoms with Crippen molar-refractivity contribution in [2.24, 2.45) is 0 Å². The van der Waals surface area contributed by atoms with Crippen LogP contribution in [0, 0.1) is 0 Å². The molecule has 0 bridgehead atoms. The Balaban J connectivity index is 1.71. The van der Waals surface area contributed by atoms with Gasteiger partial charge >= 0.3 is 0 Å². The van der Waals surface area contributed by atoms with Crippen molar-refractivity contribution in [1.29, 1.82) is 0 Å². The van der Waals surface area contributed by atoms with Crippen molar-refractivity contribution in [3.63, 3.8) is 0 Å². The van der Waals surface area contributed by atoms with Crippen LogP contribution in [0.25, 0.3) is 22.3 Å². The molecule has 1 aliphatic carbocycles. The largest absolute Gasteiger partial charge is 0.377 e. The summed E-state index contributed by atoms with van der Waals surface area (Å²) >= 11 is 0. The number of fused-ring (bicyclic) bond motifs is 1. The van der Waals surface area contributed by atoms with Crippen molar-refractivity contribution >= 4 is 26.6 Å². The first-order valence-electron chi connectivity index (χ1n) is 10.5. The lowest BCUT2D eigenvalue weighted by Gasteiger charge is -2.34. The number of nitrogens with one attached hydrogen (secondary N) is 1. The van der Waals surface area contributed by atoms with E-state index in [1.807, 2.05) is 36.5 Å². The first kappa shape index (κ1) is 19.5. The van der Waals surface area contributed by atoms with Gasteiger partial charge in [-0.3, -0.25) is 0 Å². The van der Waals surface area contributed by atoms with Crippen LogP contribution in [0.15, 0.2) is 36.5 Å². The fourth-order valence-electron chi connectivity index (χ4n) is 4.40. The van der Waals surface area contributed by atoms with Crippen LogP contribution in [0.3, 0.4) is 0 Å². The minimum absolute atomic E-state index is 0.114. The molecule has 2 aliphatic rings. The van der Waals surface area contributed by atoms with Crippen LogP contribution < -0.4 is 4.90 Å². The Morgan fingerprint density at radius 1 is 1.27 bits per heavy atom. The second kappa shape index (κ2) is 7.06. The molecule has 2 aromatic heterocycles. The van der Waals surface area contributed by atoms with E-state index in [0.717, 1.165) is 28.8 Å². The van der Waals surface area contributed by atoms with E-state index in [-0.39, 0.29) is 11.8 Å². The Bertz CT molecular complexity index is 1200. The standard InChI is InChI=1S/C22H26N4O3S/c1-3-30(27,28)22(8-9-22)19-13-20(26-11-12-29-14-15(26)2)25-21(24-19)17-5-4-6-18-16(17)7-10-23-18/h4-7,10,13,15,23H,3,8-9,11-12,14H2,1-2H3/t15-/m1/s1. The van der Waals surface area contributed by atoms with E-state index in [4.69, 9.17) is 14.7 Å². The molecule has 1 aromatic carbocycles. The highest BCUT2D eigenvalue weighted by Gasteiger charge is 2.56. The summed E-state index contributed by atoms with van der Waals surface area (Å²) in [6.07, 6.45) is 3.13. The predicted molar refractivity (Wildman–Crippen MR) is 117 cm³/mol. The number of aromatic nitrogens is 3. The normalized spacial score (nSPS) is 21.1. The SMILES string of the molecule is CCS(=O)(=O)C1(c2cc(N3CCOC[C@H]3C)nc(-c3cccc4[nH]ccc34)n2)CC1. The highest BCUT2D eigenvalue weighted by molar-refractivity contribution is 7.92. The Morgan fingerprint density at radius 2 is 2.10 bits per heavy atom. The van der Waals surface area contributed by atoms with Gasteiger partial charge in [0.1, 0.15) is 10.6 Å². The number of anilines is 1. The van der Waals surface area contributed by atoms with Crippen molar-refractivity contribution in [2.45, 2.75) is 37.5 Å². The van der Waals surface area contributed by atoms with Crippen LogP contribution in [0.5, 0.6) is 0 Å². The number of sulfone groups is 1. The van der Waals surface area contributed by atoms with E-state index in [1.165, 1.54) is 0 Å². The summed E-state index contributed by atoms with van der Waals surface area (Å²) in [5, 5.41) is 1.03. The molecule has 0 amide bonds. The molecule has 2 fully saturated rings. The highest BCUT2D eigenvalue weighted by atomic mass is 32.2. The fourth-order valence-corrected chi connectivity index (χ4v) is 6.10. The molecule has 158 valence electrons. The van der Waals surface area contributed by atoms with Gasteiger partial charge in [0, 0.05) is 41.0 Å². The van der Waals surface area contributed by atoms with Gasteiger partial charge in [0.05, 0.1) is 24.9 Å². The third kappa shape index (κ3) is 3.01. The van der Waals surface area contributed by atoms with Gasteiger partial charge in [-0.2, -0.15) is 0 Å². The third-order valence-corrected chi connectivity index (χ3v) is 8.92. The molecular weight excluding hydrogens is 400 g/mol. The molecular formula is C22H26N4O3S. The van der Waals surface area contributed by atoms with E-state index in [2.05, 4.69) is 16.8 Å². The predicted octanol–water partition coefficient (Wildman–Crippen LogP) is 3.27. The van der Waals surface area contributed by atoms with Gasteiger partial charge in [0.25, 0.3) is 0 Å². The van der Waals surface area contributed by atoms with Crippen LogP contribution in [-0.4, -0.2) is 54.9 Å². The lowest BCUT2D eigenvalue weighted by molar-refractivity contribution is 0.0985. The highest BCUT2D eigenvalue weighted by Crippen LogP contribution is 2.53. The van der Waals surface area contributed by atoms with Crippen molar-refractivity contribution in [3.05, 3.63) is 42.2 Å². The Kier molecular flexibility index (Phi) is 4.59. The molecule has 1 aliphatic heterocycles. The number of benzene rings is 1. The average Bonchev–Trinajstić information content (AvgIpc) is 3.45. The van der Waals surface area contributed by atoms with Crippen molar-refractivity contribution in [2.75, 3.05) is 30.4 Å². The number of rotatable bonds is 5. The Labute approximate surface area is 176 Å². The van der Waals surface area contributed by atoms with Gasteiger partial charge in [-0.15, -0.1) is 0 Å². The molecule has 30 heavy (non-hydrogen) atoms. The minimum Gasteiger partial charge on any atom is -0.377 e. The van der Waals surface area contributed by atoms with Crippen LogP contribution in [0.2, 0.25) is 0 Å². The van der Waals surface area contributed by atoms with Crippen LogP contribution in [0.1, 0.15) is 32.4 Å². The lowest BCUT2D eigenvalue weighted by atomic mass is 10.1. The quantitative estimate of drug-likeness (QED) is 0.674. The summed E-state index contributed by atoms with van der Waals surface area (Å²) in [6, 6.07) is 10.0. The van der Waals surface area contributed by atoms with Gasteiger partial charge in [-0.25, -0.2) is 18.4 Å². The summed E-state index contributed by atoms with van der Waals surface area (Å²) in [5.74, 6) is 1.46. The van der Waals surface area contributed by atoms with Crippen molar-refractivity contribution in [3.8, 4) is 11.4 Å². The van der Waals surface area contributed by atoms with Gasteiger partial charge in [0.2, 0.25) is 0 Å². The molecule has 1 saturated carbocycles. The van der Waals surface area contributed by atoms with Gasteiger partial charge in [0.15, 0.2) is 15.7 Å².